The van der Waals surface area contributed by atoms with Crippen molar-refractivity contribution >= 4 is 0 Å². The first-order valence-corrected chi connectivity index (χ1v) is 5.51. The second-order valence-electron chi connectivity index (χ2n) is 3.71. The van der Waals surface area contributed by atoms with Crippen LogP contribution in [0.3, 0.4) is 0 Å². The Bertz CT molecular complexity index is 307. The number of aliphatic hydroxyl groups is 1. The SMILES string of the molecule is OCC(F)(F)CNCCCOc1ccccc1. The molecule has 0 saturated carbocycles. The molecule has 0 bridgehead atoms. The minimum Gasteiger partial charge on any atom is -0.494 e. The van der Waals surface area contributed by atoms with E-state index >= 15 is 0 Å². The molecule has 1 rings (SSSR count). The fourth-order valence-electron chi connectivity index (χ4n) is 1.23. The van der Waals surface area contributed by atoms with Gasteiger partial charge < -0.3 is 15.2 Å². The van der Waals surface area contributed by atoms with Gasteiger partial charge in [-0.2, -0.15) is 0 Å². The third-order valence-electron chi connectivity index (χ3n) is 2.12. The number of halogens is 2. The molecule has 0 spiro atoms. The van der Waals surface area contributed by atoms with Crippen LogP contribution in [0.5, 0.6) is 5.75 Å². The van der Waals surface area contributed by atoms with Gasteiger partial charge >= 0.3 is 0 Å². The van der Waals surface area contributed by atoms with E-state index in [2.05, 4.69) is 5.32 Å². The van der Waals surface area contributed by atoms with Crippen molar-refractivity contribution in [3.63, 3.8) is 0 Å². The molecule has 0 fully saturated rings. The second-order valence-corrected chi connectivity index (χ2v) is 3.71. The largest absolute Gasteiger partial charge is 0.494 e. The molecule has 0 aliphatic rings. The molecule has 2 N–H and O–H groups in total. The van der Waals surface area contributed by atoms with Gasteiger partial charge in [-0.05, 0) is 25.1 Å². The molecule has 5 heteroatoms. The van der Waals surface area contributed by atoms with Gasteiger partial charge in [-0.1, -0.05) is 18.2 Å². The highest BCUT2D eigenvalue weighted by atomic mass is 19.3. The number of benzene rings is 1. The molecule has 0 aromatic heterocycles. The minimum atomic E-state index is -3.04. The van der Waals surface area contributed by atoms with Crippen LogP contribution < -0.4 is 10.1 Å². The predicted molar refractivity (Wildman–Crippen MR) is 61.5 cm³/mol. The van der Waals surface area contributed by atoms with Crippen molar-refractivity contribution in [1.82, 2.24) is 5.32 Å². The lowest BCUT2D eigenvalue weighted by Gasteiger charge is -2.13. The Morgan fingerprint density at radius 1 is 1.24 bits per heavy atom. The summed E-state index contributed by atoms with van der Waals surface area (Å²) in [7, 11) is 0. The van der Waals surface area contributed by atoms with Crippen LogP contribution in [0.15, 0.2) is 30.3 Å². The molecule has 0 aliphatic heterocycles. The van der Waals surface area contributed by atoms with E-state index in [1.807, 2.05) is 30.3 Å². The maximum atomic E-state index is 12.6. The number of hydrogen-bond acceptors (Lipinski definition) is 3. The second kappa shape index (κ2) is 7.19. The van der Waals surface area contributed by atoms with E-state index in [0.717, 1.165) is 5.75 Å². The average Bonchev–Trinajstić information content (AvgIpc) is 2.35. The zero-order chi connectivity index (χ0) is 12.6. The zero-order valence-corrected chi connectivity index (χ0v) is 9.53. The summed E-state index contributed by atoms with van der Waals surface area (Å²) in [5.41, 5.74) is 0. The Kier molecular flexibility index (Phi) is 5.86. The van der Waals surface area contributed by atoms with Crippen LogP contribution in [-0.2, 0) is 0 Å². The van der Waals surface area contributed by atoms with Gasteiger partial charge in [0.25, 0.3) is 5.92 Å². The van der Waals surface area contributed by atoms with Gasteiger partial charge in [-0.15, -0.1) is 0 Å². The minimum absolute atomic E-state index is 0.433. The first-order chi connectivity index (χ1) is 8.14. The van der Waals surface area contributed by atoms with Crippen LogP contribution >= 0.6 is 0 Å². The van der Waals surface area contributed by atoms with E-state index in [-0.39, 0.29) is 0 Å². The van der Waals surface area contributed by atoms with Gasteiger partial charge in [-0.3, -0.25) is 0 Å². The zero-order valence-electron chi connectivity index (χ0n) is 9.53. The fraction of sp³-hybridized carbons (Fsp3) is 0.500. The van der Waals surface area contributed by atoms with Crippen molar-refractivity contribution in [2.24, 2.45) is 0 Å². The summed E-state index contributed by atoms with van der Waals surface area (Å²) in [6.45, 7) is -0.723. The highest BCUT2D eigenvalue weighted by molar-refractivity contribution is 5.20. The summed E-state index contributed by atoms with van der Waals surface area (Å²) in [6.07, 6.45) is 0.635. The molecule has 1 aromatic rings. The molecule has 0 radical (unpaired) electrons. The molecule has 0 amide bonds. The Hall–Kier alpha value is -1.20. The number of alkyl halides is 2. The van der Waals surface area contributed by atoms with E-state index in [0.29, 0.717) is 19.6 Å². The number of para-hydroxylation sites is 1. The van der Waals surface area contributed by atoms with Crippen molar-refractivity contribution in [2.45, 2.75) is 12.3 Å². The summed E-state index contributed by atoms with van der Waals surface area (Å²) in [5.74, 6) is -2.27. The summed E-state index contributed by atoms with van der Waals surface area (Å²) in [4.78, 5) is 0. The normalized spacial score (nSPS) is 11.5. The molecule has 0 saturated heterocycles. The quantitative estimate of drug-likeness (QED) is 0.685. The molecule has 0 aliphatic carbocycles. The summed E-state index contributed by atoms with van der Waals surface area (Å²) < 4.78 is 30.6. The molecule has 96 valence electrons. The van der Waals surface area contributed by atoms with Crippen LogP contribution in [0, 0.1) is 0 Å². The Labute approximate surface area is 99.4 Å². The molecule has 0 unspecified atom stereocenters. The molecular weight excluding hydrogens is 228 g/mol. The number of rotatable bonds is 8. The van der Waals surface area contributed by atoms with E-state index in [1.165, 1.54) is 0 Å². The smallest absolute Gasteiger partial charge is 0.282 e. The maximum absolute atomic E-state index is 12.6. The van der Waals surface area contributed by atoms with Crippen LogP contribution in [-0.4, -0.2) is 37.3 Å². The van der Waals surface area contributed by atoms with Crippen LogP contribution in [0.4, 0.5) is 8.78 Å². The Morgan fingerprint density at radius 3 is 2.59 bits per heavy atom. The maximum Gasteiger partial charge on any atom is 0.282 e. The number of nitrogens with one attached hydrogen (secondary N) is 1. The topological polar surface area (TPSA) is 41.5 Å². The van der Waals surface area contributed by atoms with Gasteiger partial charge in [0.05, 0.1) is 13.2 Å². The molecular formula is C12H17F2NO2. The lowest BCUT2D eigenvalue weighted by atomic mass is 10.3. The van der Waals surface area contributed by atoms with Crippen LogP contribution in [0.2, 0.25) is 0 Å². The molecule has 0 heterocycles. The highest BCUT2D eigenvalue weighted by Gasteiger charge is 2.26. The monoisotopic (exact) mass is 245 g/mol. The van der Waals surface area contributed by atoms with E-state index < -0.39 is 19.1 Å². The van der Waals surface area contributed by atoms with Crippen molar-refractivity contribution in [2.75, 3.05) is 26.3 Å². The molecule has 1 aromatic carbocycles. The Morgan fingerprint density at radius 2 is 1.94 bits per heavy atom. The van der Waals surface area contributed by atoms with Gasteiger partial charge in [0, 0.05) is 0 Å². The lowest BCUT2D eigenvalue weighted by molar-refractivity contribution is -0.0475. The van der Waals surface area contributed by atoms with Gasteiger partial charge in [-0.25, -0.2) is 8.78 Å². The van der Waals surface area contributed by atoms with Gasteiger partial charge in [0.15, 0.2) is 0 Å². The molecule has 17 heavy (non-hydrogen) atoms. The van der Waals surface area contributed by atoms with Gasteiger partial charge in [0.2, 0.25) is 0 Å². The van der Waals surface area contributed by atoms with Crippen molar-refractivity contribution in [1.29, 1.82) is 0 Å². The lowest BCUT2D eigenvalue weighted by Crippen LogP contribution is -2.36. The van der Waals surface area contributed by atoms with E-state index in [4.69, 9.17) is 9.84 Å². The summed E-state index contributed by atoms with van der Waals surface area (Å²) >= 11 is 0. The summed E-state index contributed by atoms with van der Waals surface area (Å²) in [6, 6.07) is 9.32. The van der Waals surface area contributed by atoms with E-state index in [1.54, 1.807) is 0 Å². The van der Waals surface area contributed by atoms with Crippen molar-refractivity contribution < 1.29 is 18.6 Å². The highest BCUT2D eigenvalue weighted by Crippen LogP contribution is 2.10. The molecule has 0 atom stereocenters. The van der Waals surface area contributed by atoms with E-state index in [9.17, 15) is 8.78 Å². The fourth-order valence-corrected chi connectivity index (χ4v) is 1.23. The first kappa shape index (κ1) is 13.9. The first-order valence-electron chi connectivity index (χ1n) is 5.51. The summed E-state index contributed by atoms with van der Waals surface area (Å²) in [5, 5.41) is 10.9. The van der Waals surface area contributed by atoms with Crippen molar-refractivity contribution in [3.8, 4) is 5.75 Å². The average molecular weight is 245 g/mol. The number of aliphatic hydroxyl groups excluding tert-OH is 1. The standard InChI is InChI=1S/C12H17F2NO2/c13-12(14,10-16)9-15-7-4-8-17-11-5-2-1-3-6-11/h1-3,5-6,15-16H,4,7-10H2. The molecule has 3 nitrogen and oxygen atoms in total. The van der Waals surface area contributed by atoms with Crippen molar-refractivity contribution in [3.05, 3.63) is 30.3 Å². The third kappa shape index (κ3) is 6.19. The number of hydrogen-bond donors (Lipinski definition) is 2. The predicted octanol–water partition coefficient (Wildman–Crippen LogP) is 1.67. The van der Waals surface area contributed by atoms with Crippen LogP contribution in [0.25, 0.3) is 0 Å². The van der Waals surface area contributed by atoms with Crippen LogP contribution in [0.1, 0.15) is 6.42 Å². The third-order valence-corrected chi connectivity index (χ3v) is 2.12. The van der Waals surface area contributed by atoms with Gasteiger partial charge in [0.1, 0.15) is 12.4 Å². The number of ether oxygens (including phenoxy) is 1. The Balaban J connectivity index is 2.02.